The Kier molecular flexibility index (Phi) is 5.74. The fourth-order valence-corrected chi connectivity index (χ4v) is 5.25. The smallest absolute Gasteiger partial charge is 0.213 e. The Morgan fingerprint density at radius 3 is 2.94 bits per heavy atom. The molecule has 2 unspecified atom stereocenters. The zero-order chi connectivity index (χ0) is 21.2. The quantitative estimate of drug-likeness (QED) is 0.736. The highest BCUT2D eigenvalue weighted by molar-refractivity contribution is 5.97. The number of benzene rings is 1. The van der Waals surface area contributed by atoms with Crippen molar-refractivity contribution in [3.05, 3.63) is 52.6 Å². The number of rotatable bonds is 4. The molecule has 5 nitrogen and oxygen atoms in total. The Hall–Kier alpha value is -2.71. The summed E-state index contributed by atoms with van der Waals surface area (Å²) in [4.78, 5) is 12.1. The SMILES string of the molecule is CN1CCC[C@H]1COC1=NC2C=C(c3cccc4c3CCCC4)N=CC2C=C1CC#N. The first-order valence-corrected chi connectivity index (χ1v) is 11.6. The molecule has 1 aromatic carbocycles. The Bertz CT molecular complexity index is 1010. The van der Waals surface area contributed by atoms with Crippen molar-refractivity contribution in [1.82, 2.24) is 4.90 Å². The molecule has 1 aromatic rings. The third-order valence-electron chi connectivity index (χ3n) is 7.07. The van der Waals surface area contributed by atoms with Gasteiger partial charge in [-0.3, -0.25) is 4.99 Å². The number of nitrogens with zero attached hydrogens (tertiary/aromatic N) is 4. The zero-order valence-electron chi connectivity index (χ0n) is 18.3. The average molecular weight is 415 g/mol. The third-order valence-corrected chi connectivity index (χ3v) is 7.07. The van der Waals surface area contributed by atoms with Crippen LogP contribution in [0.15, 0.2) is 45.9 Å². The summed E-state index contributed by atoms with van der Waals surface area (Å²) in [5, 5.41) is 9.30. The highest BCUT2D eigenvalue weighted by Gasteiger charge is 2.30. The van der Waals surface area contributed by atoms with E-state index in [9.17, 15) is 5.26 Å². The Morgan fingerprint density at radius 1 is 1.19 bits per heavy atom. The van der Waals surface area contributed by atoms with Crippen molar-refractivity contribution >= 4 is 17.8 Å². The maximum Gasteiger partial charge on any atom is 0.213 e. The van der Waals surface area contributed by atoms with Crippen molar-refractivity contribution in [3.8, 4) is 6.07 Å². The highest BCUT2D eigenvalue weighted by Crippen LogP contribution is 2.34. The van der Waals surface area contributed by atoms with Gasteiger partial charge in [0, 0.05) is 29.3 Å². The number of hydrogen-bond donors (Lipinski definition) is 0. The molecule has 0 N–H and O–H groups in total. The van der Waals surface area contributed by atoms with E-state index < -0.39 is 0 Å². The van der Waals surface area contributed by atoms with E-state index in [4.69, 9.17) is 14.7 Å². The van der Waals surface area contributed by atoms with Crippen LogP contribution in [0.4, 0.5) is 0 Å². The van der Waals surface area contributed by atoms with E-state index >= 15 is 0 Å². The molecule has 3 aliphatic heterocycles. The molecule has 0 saturated carbocycles. The molecule has 4 aliphatic rings. The number of aryl methyl sites for hydroxylation is 1. The third kappa shape index (κ3) is 4.09. The monoisotopic (exact) mass is 414 g/mol. The van der Waals surface area contributed by atoms with Crippen LogP contribution in [0, 0.1) is 17.2 Å². The summed E-state index contributed by atoms with van der Waals surface area (Å²) in [5.41, 5.74) is 6.09. The van der Waals surface area contributed by atoms with E-state index in [0.717, 1.165) is 37.1 Å². The minimum Gasteiger partial charge on any atom is -0.476 e. The van der Waals surface area contributed by atoms with Crippen molar-refractivity contribution in [2.45, 2.75) is 57.0 Å². The molecule has 0 amide bonds. The van der Waals surface area contributed by atoms with Gasteiger partial charge in [0.1, 0.15) is 6.61 Å². The Balaban J connectivity index is 1.41. The molecule has 0 bridgehead atoms. The summed E-state index contributed by atoms with van der Waals surface area (Å²) in [7, 11) is 2.15. The van der Waals surface area contributed by atoms with Crippen LogP contribution in [0.2, 0.25) is 0 Å². The minimum atomic E-state index is -0.0225. The summed E-state index contributed by atoms with van der Waals surface area (Å²) in [6.45, 7) is 1.75. The topological polar surface area (TPSA) is 61.0 Å². The van der Waals surface area contributed by atoms with Gasteiger partial charge in [0.25, 0.3) is 0 Å². The van der Waals surface area contributed by atoms with Gasteiger partial charge < -0.3 is 9.64 Å². The maximum absolute atomic E-state index is 9.30. The number of ether oxygens (including phenoxy) is 1. The number of nitriles is 1. The fraction of sp³-hybridized carbons (Fsp3) is 0.500. The maximum atomic E-state index is 9.30. The van der Waals surface area contributed by atoms with Crippen LogP contribution in [-0.4, -0.2) is 49.3 Å². The van der Waals surface area contributed by atoms with Crippen LogP contribution >= 0.6 is 0 Å². The van der Waals surface area contributed by atoms with E-state index in [1.165, 1.54) is 36.0 Å². The molecule has 0 spiro atoms. The van der Waals surface area contributed by atoms with Gasteiger partial charge in [-0.25, -0.2) is 4.99 Å². The highest BCUT2D eigenvalue weighted by atomic mass is 16.5. The van der Waals surface area contributed by atoms with E-state index in [1.54, 1.807) is 0 Å². The first kappa shape index (κ1) is 20.2. The molecule has 160 valence electrons. The van der Waals surface area contributed by atoms with E-state index in [0.29, 0.717) is 25.0 Å². The number of aliphatic imine (C=N–C) groups is 2. The average Bonchev–Trinajstić information content (AvgIpc) is 3.22. The lowest BCUT2D eigenvalue weighted by molar-refractivity contribution is 0.188. The molecule has 5 rings (SSSR count). The first-order valence-electron chi connectivity index (χ1n) is 11.6. The van der Waals surface area contributed by atoms with Crippen LogP contribution in [0.1, 0.15) is 48.8 Å². The van der Waals surface area contributed by atoms with Gasteiger partial charge in [-0.15, -0.1) is 0 Å². The molecule has 3 heterocycles. The Morgan fingerprint density at radius 2 is 2.10 bits per heavy atom. The van der Waals surface area contributed by atoms with E-state index in [-0.39, 0.29) is 12.0 Å². The number of fused-ring (bicyclic) bond motifs is 2. The lowest BCUT2D eigenvalue weighted by atomic mass is 9.85. The predicted octanol–water partition coefficient (Wildman–Crippen LogP) is 4.34. The van der Waals surface area contributed by atoms with Crippen LogP contribution in [0.5, 0.6) is 0 Å². The van der Waals surface area contributed by atoms with Crippen molar-refractivity contribution in [1.29, 1.82) is 5.26 Å². The second-order valence-electron chi connectivity index (χ2n) is 9.10. The van der Waals surface area contributed by atoms with Gasteiger partial charge in [0.2, 0.25) is 5.90 Å². The van der Waals surface area contributed by atoms with Crippen molar-refractivity contribution in [3.63, 3.8) is 0 Å². The molecular weight excluding hydrogens is 384 g/mol. The largest absolute Gasteiger partial charge is 0.476 e. The minimum absolute atomic E-state index is 0.0225. The van der Waals surface area contributed by atoms with Gasteiger partial charge in [-0.1, -0.05) is 24.3 Å². The summed E-state index contributed by atoms with van der Waals surface area (Å²) < 4.78 is 6.20. The van der Waals surface area contributed by atoms with Crippen LogP contribution in [-0.2, 0) is 17.6 Å². The first-order chi connectivity index (χ1) is 15.2. The summed E-state index contributed by atoms with van der Waals surface area (Å²) in [6, 6.07) is 9.29. The lowest BCUT2D eigenvalue weighted by Crippen LogP contribution is -2.33. The van der Waals surface area contributed by atoms with Gasteiger partial charge in [-0.2, -0.15) is 5.26 Å². The van der Waals surface area contributed by atoms with Crippen molar-refractivity contribution in [2.24, 2.45) is 15.9 Å². The second kappa shape index (κ2) is 8.80. The van der Waals surface area contributed by atoms with Crippen LogP contribution in [0.3, 0.4) is 0 Å². The van der Waals surface area contributed by atoms with Crippen molar-refractivity contribution < 1.29 is 4.74 Å². The molecule has 1 fully saturated rings. The van der Waals surface area contributed by atoms with Gasteiger partial charge >= 0.3 is 0 Å². The summed E-state index contributed by atoms with van der Waals surface area (Å²) >= 11 is 0. The predicted molar refractivity (Wildman–Crippen MR) is 124 cm³/mol. The van der Waals surface area contributed by atoms with Crippen LogP contribution in [0.25, 0.3) is 5.70 Å². The molecule has 0 radical (unpaired) electrons. The standard InChI is InChI=1S/C26H30N4O/c1-30-13-5-8-21(30)17-31-26-19(11-12-27)14-20-16-28-25(15-24(20)29-26)23-10-4-7-18-6-2-3-9-22(18)23/h4,7,10,14-16,20-21,24H,2-3,5-6,8-9,11,13,17H2,1H3/t20?,21-,24?/m0/s1. The number of likely N-dealkylation sites (N-methyl/N-ethyl adjacent to an activating group) is 1. The number of likely N-dealkylation sites (tertiary alicyclic amines) is 1. The number of dihydropyridines is 1. The Labute approximate surface area is 184 Å². The van der Waals surface area contributed by atoms with E-state index in [2.05, 4.69) is 48.4 Å². The molecule has 0 aromatic heterocycles. The molecule has 1 saturated heterocycles. The van der Waals surface area contributed by atoms with Crippen LogP contribution < -0.4 is 0 Å². The van der Waals surface area contributed by atoms with Gasteiger partial charge in [0.15, 0.2) is 0 Å². The zero-order valence-corrected chi connectivity index (χ0v) is 18.3. The summed E-state index contributed by atoms with van der Waals surface area (Å²) in [6.07, 6.45) is 13.8. The molecule has 31 heavy (non-hydrogen) atoms. The van der Waals surface area contributed by atoms with Gasteiger partial charge in [-0.05, 0) is 69.3 Å². The molecule has 5 heteroatoms. The molecular formula is C26H30N4O. The van der Waals surface area contributed by atoms with Gasteiger partial charge in [0.05, 0.1) is 24.2 Å². The van der Waals surface area contributed by atoms with E-state index in [1.807, 2.05) is 6.21 Å². The number of hydrogen-bond acceptors (Lipinski definition) is 5. The normalized spacial score (nSPS) is 27.5. The lowest BCUT2D eigenvalue weighted by Gasteiger charge is -2.28. The summed E-state index contributed by atoms with van der Waals surface area (Å²) in [5.74, 6) is 0.734. The second-order valence-corrected chi connectivity index (χ2v) is 9.10. The molecule has 1 aliphatic carbocycles. The fourth-order valence-electron chi connectivity index (χ4n) is 5.25. The van der Waals surface area contributed by atoms with Crippen molar-refractivity contribution in [2.75, 3.05) is 20.2 Å². The molecule has 3 atom stereocenters.